The number of hydrogen-bond acceptors (Lipinski definition) is 7. The average Bonchev–Trinajstić information content (AvgIpc) is 2.80. The highest BCUT2D eigenvalue weighted by Crippen LogP contribution is 2.35. The highest BCUT2D eigenvalue weighted by Gasteiger charge is 2.51. The van der Waals surface area contributed by atoms with Gasteiger partial charge in [-0.1, -0.05) is 12.1 Å². The van der Waals surface area contributed by atoms with Gasteiger partial charge in [-0.25, -0.2) is 9.18 Å². The van der Waals surface area contributed by atoms with Gasteiger partial charge in [-0.3, -0.25) is 30.4 Å². The summed E-state index contributed by atoms with van der Waals surface area (Å²) in [7, 11) is 3.09. The summed E-state index contributed by atoms with van der Waals surface area (Å²) in [6.07, 6.45) is -0.993. The van der Waals surface area contributed by atoms with Crippen molar-refractivity contribution in [1.29, 1.82) is 0 Å². The van der Waals surface area contributed by atoms with Crippen molar-refractivity contribution in [2.45, 2.75) is 23.5 Å². The van der Waals surface area contributed by atoms with Crippen molar-refractivity contribution in [3.63, 3.8) is 0 Å². The van der Waals surface area contributed by atoms with E-state index in [9.17, 15) is 24.1 Å². The summed E-state index contributed by atoms with van der Waals surface area (Å²) in [5.74, 6) is -0.636. The molecular formula is C21H22FN5O4S. The van der Waals surface area contributed by atoms with Crippen LogP contribution in [0.25, 0.3) is 0 Å². The van der Waals surface area contributed by atoms with Crippen LogP contribution in [0.5, 0.6) is 0 Å². The summed E-state index contributed by atoms with van der Waals surface area (Å²) in [6, 6.07) is 11.9. The number of rotatable bonds is 5. The van der Waals surface area contributed by atoms with E-state index in [0.29, 0.717) is 5.75 Å². The lowest BCUT2D eigenvalue weighted by Gasteiger charge is -2.50. The quantitative estimate of drug-likeness (QED) is 0.523. The van der Waals surface area contributed by atoms with Crippen molar-refractivity contribution >= 4 is 29.4 Å². The zero-order valence-corrected chi connectivity index (χ0v) is 18.2. The number of nitrogens with zero attached hydrogens (tertiary/aromatic N) is 3. The fourth-order valence-corrected chi connectivity index (χ4v) is 5.22. The van der Waals surface area contributed by atoms with Gasteiger partial charge in [-0.2, -0.15) is 0 Å². The van der Waals surface area contributed by atoms with Crippen LogP contribution in [0, 0.1) is 21.8 Å². The van der Waals surface area contributed by atoms with Gasteiger partial charge in [0.15, 0.2) is 0 Å². The standard InChI is InChI=1S/C21H22FN5O4S/c1-25-18-16(20(28)26(2)21(25)29)19(32-11-12-3-7-14(22)8-4-12)24-17(23-18)13-5-9-15(10-6-13)27(30)31/h3-10,16-19,23-24H,11H2,1-2H3. The Balaban J connectivity index is 1.61. The Morgan fingerprint density at radius 3 is 2.34 bits per heavy atom. The number of thioether (sulfide) groups is 1. The molecule has 2 aromatic carbocycles. The minimum absolute atomic E-state index is 0.0218. The fraction of sp³-hybridized carbons (Fsp3) is 0.333. The van der Waals surface area contributed by atoms with Gasteiger partial charge in [-0.05, 0) is 35.4 Å². The van der Waals surface area contributed by atoms with E-state index < -0.39 is 29.2 Å². The Morgan fingerprint density at radius 1 is 1.06 bits per heavy atom. The SMILES string of the molecule is CN1C(=O)C2C(SCc3ccc(F)cc3)NC(c3ccc([N+](=O)[O-])cc3)NC2N(C)C1=O. The zero-order valence-electron chi connectivity index (χ0n) is 17.4. The van der Waals surface area contributed by atoms with E-state index in [1.807, 2.05) is 0 Å². The van der Waals surface area contributed by atoms with Crippen molar-refractivity contribution in [1.82, 2.24) is 20.4 Å². The Morgan fingerprint density at radius 2 is 1.72 bits per heavy atom. The molecule has 0 spiro atoms. The number of hydrogen-bond donors (Lipinski definition) is 2. The average molecular weight is 460 g/mol. The van der Waals surface area contributed by atoms with Gasteiger partial charge in [0.1, 0.15) is 5.82 Å². The molecule has 0 aliphatic carbocycles. The van der Waals surface area contributed by atoms with Gasteiger partial charge in [-0.15, -0.1) is 11.8 Å². The molecule has 2 aliphatic rings. The number of urea groups is 1. The second-order valence-electron chi connectivity index (χ2n) is 7.73. The van der Waals surface area contributed by atoms with Crippen LogP contribution >= 0.6 is 11.8 Å². The highest BCUT2D eigenvalue weighted by atomic mass is 32.2. The molecule has 2 fully saturated rings. The van der Waals surface area contributed by atoms with E-state index in [1.165, 1.54) is 48.0 Å². The lowest BCUT2D eigenvalue weighted by Crippen LogP contribution is -2.72. The molecule has 2 N–H and O–H groups in total. The Labute approximate surface area is 188 Å². The van der Waals surface area contributed by atoms with Crippen LogP contribution in [0.1, 0.15) is 17.3 Å². The topological polar surface area (TPSA) is 108 Å². The molecule has 11 heteroatoms. The van der Waals surface area contributed by atoms with E-state index in [0.717, 1.165) is 16.0 Å². The summed E-state index contributed by atoms with van der Waals surface area (Å²) >= 11 is 1.49. The molecule has 4 rings (SSSR count). The third kappa shape index (κ3) is 4.18. The predicted octanol–water partition coefficient (Wildman–Crippen LogP) is 2.65. The highest BCUT2D eigenvalue weighted by molar-refractivity contribution is 7.99. The molecule has 0 aromatic heterocycles. The summed E-state index contributed by atoms with van der Waals surface area (Å²) in [5, 5.41) is 17.3. The Kier molecular flexibility index (Phi) is 6.13. The number of benzene rings is 2. The summed E-state index contributed by atoms with van der Waals surface area (Å²) in [4.78, 5) is 38.6. The molecule has 9 nitrogen and oxygen atoms in total. The van der Waals surface area contributed by atoms with Crippen LogP contribution < -0.4 is 10.6 Å². The Bertz CT molecular complexity index is 1040. The number of nitro benzene ring substituents is 1. The molecule has 4 unspecified atom stereocenters. The van der Waals surface area contributed by atoms with Crippen molar-refractivity contribution in [3.8, 4) is 0 Å². The largest absolute Gasteiger partial charge is 0.327 e. The molecule has 2 heterocycles. The number of imide groups is 1. The van der Waals surface area contributed by atoms with Crippen molar-refractivity contribution in [3.05, 3.63) is 75.6 Å². The van der Waals surface area contributed by atoms with Crippen LogP contribution in [0.4, 0.5) is 14.9 Å². The third-order valence-corrected chi connectivity index (χ3v) is 7.02. The molecule has 0 radical (unpaired) electrons. The number of carbonyl (C=O) groups excluding carboxylic acids is 2. The maximum absolute atomic E-state index is 13.2. The van der Waals surface area contributed by atoms with E-state index in [1.54, 1.807) is 31.3 Å². The van der Waals surface area contributed by atoms with Gasteiger partial charge >= 0.3 is 6.03 Å². The number of nitro groups is 1. The van der Waals surface area contributed by atoms with Crippen molar-refractivity contribution in [2.75, 3.05) is 14.1 Å². The molecule has 168 valence electrons. The minimum Gasteiger partial charge on any atom is -0.311 e. The van der Waals surface area contributed by atoms with Crippen molar-refractivity contribution in [2.24, 2.45) is 5.92 Å². The monoisotopic (exact) mass is 459 g/mol. The summed E-state index contributed by atoms with van der Waals surface area (Å²) in [5.41, 5.74) is 1.63. The molecule has 0 saturated carbocycles. The molecule has 32 heavy (non-hydrogen) atoms. The van der Waals surface area contributed by atoms with Crippen LogP contribution in [0.3, 0.4) is 0 Å². The van der Waals surface area contributed by atoms with Crippen LogP contribution in [-0.2, 0) is 10.5 Å². The maximum atomic E-state index is 13.2. The molecule has 4 atom stereocenters. The maximum Gasteiger partial charge on any atom is 0.327 e. The molecule has 3 amide bonds. The lowest BCUT2D eigenvalue weighted by molar-refractivity contribution is -0.384. The molecule has 2 aromatic rings. The first-order chi connectivity index (χ1) is 15.3. The first kappa shape index (κ1) is 22.2. The number of amides is 3. The summed E-state index contributed by atoms with van der Waals surface area (Å²) in [6.45, 7) is 0. The van der Waals surface area contributed by atoms with E-state index in [-0.39, 0.29) is 22.8 Å². The zero-order chi connectivity index (χ0) is 23.0. The summed E-state index contributed by atoms with van der Waals surface area (Å²) < 4.78 is 13.2. The van der Waals surface area contributed by atoms with E-state index in [4.69, 9.17) is 0 Å². The molecule has 2 saturated heterocycles. The van der Waals surface area contributed by atoms with Crippen LogP contribution in [0.2, 0.25) is 0 Å². The number of halogens is 1. The molecule has 2 aliphatic heterocycles. The number of non-ortho nitro benzene ring substituents is 1. The second kappa shape index (κ2) is 8.85. The van der Waals surface area contributed by atoms with E-state index in [2.05, 4.69) is 10.6 Å². The number of carbonyl (C=O) groups is 2. The first-order valence-electron chi connectivity index (χ1n) is 9.93. The minimum atomic E-state index is -0.557. The first-order valence-corrected chi connectivity index (χ1v) is 11.0. The van der Waals surface area contributed by atoms with Gasteiger partial charge in [0.2, 0.25) is 5.91 Å². The molecular weight excluding hydrogens is 437 g/mol. The predicted molar refractivity (Wildman–Crippen MR) is 117 cm³/mol. The van der Waals surface area contributed by atoms with Crippen molar-refractivity contribution < 1.29 is 18.9 Å². The van der Waals surface area contributed by atoms with E-state index >= 15 is 0 Å². The smallest absolute Gasteiger partial charge is 0.311 e. The van der Waals surface area contributed by atoms with Gasteiger partial charge in [0.05, 0.1) is 28.5 Å². The normalized spacial score (nSPS) is 25.6. The third-order valence-electron chi connectivity index (χ3n) is 5.74. The van der Waals surface area contributed by atoms with Gasteiger partial charge in [0.25, 0.3) is 5.69 Å². The van der Waals surface area contributed by atoms with Crippen LogP contribution in [-0.4, -0.2) is 52.3 Å². The number of nitrogens with one attached hydrogen (secondary N) is 2. The van der Waals surface area contributed by atoms with Gasteiger partial charge in [0, 0.05) is 32.0 Å². The van der Waals surface area contributed by atoms with Crippen LogP contribution in [0.15, 0.2) is 48.5 Å². The van der Waals surface area contributed by atoms with Gasteiger partial charge < -0.3 is 4.90 Å². The molecule has 0 bridgehead atoms. The Hall–Kier alpha value is -3.02. The lowest BCUT2D eigenvalue weighted by atomic mass is 9.96. The fourth-order valence-electron chi connectivity index (χ4n) is 3.95. The second-order valence-corrected chi connectivity index (χ2v) is 8.86. The number of fused-ring (bicyclic) bond motifs is 1.